The molecular weight excluding hydrogens is 425 g/mol. The molecule has 0 bridgehead atoms. The van der Waals surface area contributed by atoms with E-state index in [1.165, 1.54) is 6.08 Å². The topological polar surface area (TPSA) is 69.3 Å². The van der Waals surface area contributed by atoms with Gasteiger partial charge < -0.3 is 14.4 Å². The van der Waals surface area contributed by atoms with Gasteiger partial charge in [-0.25, -0.2) is 9.48 Å². The smallest absolute Gasteiger partial charge is 0.328 e. The maximum atomic E-state index is 11.2. The molecule has 0 amide bonds. The lowest BCUT2D eigenvalue weighted by Crippen LogP contribution is -2.18. The van der Waals surface area contributed by atoms with Crippen molar-refractivity contribution in [2.45, 2.75) is 44.9 Å². The molecule has 30 heavy (non-hydrogen) atoms. The van der Waals surface area contributed by atoms with Gasteiger partial charge in [0.2, 0.25) is 0 Å². The van der Waals surface area contributed by atoms with Crippen LogP contribution in [0, 0.1) is 0 Å². The highest BCUT2D eigenvalue weighted by molar-refractivity contribution is 6.45. The van der Waals surface area contributed by atoms with Crippen LogP contribution in [0.1, 0.15) is 37.6 Å². The van der Waals surface area contributed by atoms with Crippen molar-refractivity contribution in [3.8, 4) is 11.1 Å². The van der Waals surface area contributed by atoms with Crippen molar-refractivity contribution < 1.29 is 14.6 Å². The Morgan fingerprint density at radius 3 is 2.90 bits per heavy atom. The van der Waals surface area contributed by atoms with Crippen LogP contribution in [0.5, 0.6) is 0 Å². The van der Waals surface area contributed by atoms with E-state index < -0.39 is 5.97 Å². The molecule has 1 N–H and O–H groups in total. The standard InChI is InChI=1S/C22H21Cl2N3O3/c23-16-6-5-15-20(14-10-25-27(12-14)18-3-1-2-8-30-18)17-7-4-13(9-19(28)29)11-26(17)22(15)21(16)24/h5-6,9-10,12,18H,1-4,7-8,11H2,(H,28,29). The largest absolute Gasteiger partial charge is 0.478 e. The first kappa shape index (κ1) is 19.7. The molecule has 2 aliphatic heterocycles. The number of nitrogens with zero attached hydrogens (tertiary/aromatic N) is 3. The van der Waals surface area contributed by atoms with Crippen LogP contribution in [0.2, 0.25) is 10.0 Å². The number of hydrogen-bond acceptors (Lipinski definition) is 3. The maximum absolute atomic E-state index is 11.2. The van der Waals surface area contributed by atoms with Gasteiger partial charge in [-0.05, 0) is 43.7 Å². The third-order valence-corrected chi connectivity index (χ3v) is 6.73. The Bertz CT molecular complexity index is 1170. The summed E-state index contributed by atoms with van der Waals surface area (Å²) in [6.45, 7) is 1.25. The van der Waals surface area contributed by atoms with E-state index in [1.54, 1.807) is 0 Å². The quantitative estimate of drug-likeness (QED) is 0.542. The van der Waals surface area contributed by atoms with Crippen LogP contribution in [0.25, 0.3) is 22.0 Å². The Morgan fingerprint density at radius 2 is 2.13 bits per heavy atom. The van der Waals surface area contributed by atoms with E-state index in [4.69, 9.17) is 27.9 Å². The van der Waals surface area contributed by atoms with E-state index in [0.717, 1.165) is 65.6 Å². The molecule has 0 radical (unpaired) electrons. The Hall–Kier alpha value is -2.28. The maximum Gasteiger partial charge on any atom is 0.328 e. The van der Waals surface area contributed by atoms with Crippen molar-refractivity contribution in [2.75, 3.05) is 6.61 Å². The van der Waals surface area contributed by atoms with Gasteiger partial charge in [0.25, 0.3) is 0 Å². The van der Waals surface area contributed by atoms with Gasteiger partial charge in [-0.3, -0.25) is 0 Å². The second kappa shape index (κ2) is 7.76. The molecule has 8 heteroatoms. The molecule has 3 aromatic rings. The summed E-state index contributed by atoms with van der Waals surface area (Å²) in [6, 6.07) is 3.80. The predicted molar refractivity (Wildman–Crippen MR) is 116 cm³/mol. The fraction of sp³-hybridized carbons (Fsp3) is 0.364. The second-order valence-electron chi connectivity index (χ2n) is 7.84. The molecule has 1 fully saturated rings. The number of aromatic nitrogens is 3. The van der Waals surface area contributed by atoms with Crippen molar-refractivity contribution >= 4 is 40.1 Å². The number of fused-ring (bicyclic) bond motifs is 3. The van der Waals surface area contributed by atoms with Crippen LogP contribution >= 0.6 is 23.2 Å². The summed E-state index contributed by atoms with van der Waals surface area (Å²) >= 11 is 12.9. The van der Waals surface area contributed by atoms with Crippen LogP contribution in [0.4, 0.5) is 0 Å². The van der Waals surface area contributed by atoms with Crippen LogP contribution in [-0.2, 0) is 22.5 Å². The number of benzene rings is 1. The highest BCUT2D eigenvalue weighted by Gasteiger charge is 2.27. The molecule has 2 aliphatic rings. The Kier molecular flexibility index (Phi) is 5.09. The minimum atomic E-state index is -0.928. The number of halogens is 2. The number of carbonyl (C=O) groups is 1. The molecule has 0 spiro atoms. The number of aliphatic carboxylic acids is 1. The summed E-state index contributed by atoms with van der Waals surface area (Å²) in [5, 5.41) is 15.7. The third kappa shape index (κ3) is 3.33. The number of carboxylic acid groups (broad SMARTS) is 1. The average Bonchev–Trinajstić information content (AvgIpc) is 3.33. The van der Waals surface area contributed by atoms with E-state index in [-0.39, 0.29) is 6.23 Å². The second-order valence-corrected chi connectivity index (χ2v) is 8.62. The minimum Gasteiger partial charge on any atom is -0.478 e. The molecule has 1 unspecified atom stereocenters. The van der Waals surface area contributed by atoms with Gasteiger partial charge in [-0.1, -0.05) is 29.3 Å². The highest BCUT2D eigenvalue weighted by Crippen LogP contribution is 2.43. The van der Waals surface area contributed by atoms with Crippen molar-refractivity contribution in [3.05, 3.63) is 51.9 Å². The molecular formula is C22H21Cl2N3O3. The first-order valence-electron chi connectivity index (χ1n) is 10.1. The Morgan fingerprint density at radius 1 is 1.27 bits per heavy atom. The summed E-state index contributed by atoms with van der Waals surface area (Å²) in [7, 11) is 0. The average molecular weight is 446 g/mol. The number of hydrogen-bond donors (Lipinski definition) is 1. The van der Waals surface area contributed by atoms with Crippen LogP contribution in [0.15, 0.2) is 36.2 Å². The van der Waals surface area contributed by atoms with Crippen molar-refractivity contribution in [2.24, 2.45) is 0 Å². The van der Waals surface area contributed by atoms with Gasteiger partial charge in [0, 0.05) is 47.6 Å². The number of allylic oxidation sites excluding steroid dienone is 1. The fourth-order valence-electron chi connectivity index (χ4n) is 4.60. The zero-order chi connectivity index (χ0) is 20.8. The van der Waals surface area contributed by atoms with Crippen LogP contribution < -0.4 is 0 Å². The van der Waals surface area contributed by atoms with E-state index in [0.29, 0.717) is 23.0 Å². The monoisotopic (exact) mass is 445 g/mol. The molecule has 156 valence electrons. The fourth-order valence-corrected chi connectivity index (χ4v) is 5.02. The van der Waals surface area contributed by atoms with E-state index >= 15 is 0 Å². The normalized spacial score (nSPS) is 20.6. The first-order valence-corrected chi connectivity index (χ1v) is 10.9. The molecule has 5 rings (SSSR count). The summed E-state index contributed by atoms with van der Waals surface area (Å²) < 4.78 is 9.88. The summed E-state index contributed by atoms with van der Waals surface area (Å²) in [4.78, 5) is 11.2. The molecule has 4 heterocycles. The Labute approximate surface area is 183 Å². The highest BCUT2D eigenvalue weighted by atomic mass is 35.5. The molecule has 1 saturated heterocycles. The van der Waals surface area contributed by atoms with Crippen molar-refractivity contribution in [1.82, 2.24) is 14.3 Å². The number of rotatable bonds is 3. The summed E-state index contributed by atoms with van der Waals surface area (Å²) in [5.41, 5.74) is 4.92. The molecule has 6 nitrogen and oxygen atoms in total. The molecule has 1 aromatic carbocycles. The molecule has 0 saturated carbocycles. The number of carboxylic acids is 1. The van der Waals surface area contributed by atoms with Crippen LogP contribution in [0.3, 0.4) is 0 Å². The van der Waals surface area contributed by atoms with Gasteiger partial charge >= 0.3 is 5.97 Å². The van der Waals surface area contributed by atoms with Gasteiger partial charge in [0.05, 0.1) is 21.8 Å². The van der Waals surface area contributed by atoms with Gasteiger partial charge in [0.1, 0.15) is 6.23 Å². The zero-order valence-electron chi connectivity index (χ0n) is 16.3. The first-order chi connectivity index (χ1) is 14.5. The third-order valence-electron chi connectivity index (χ3n) is 5.94. The summed E-state index contributed by atoms with van der Waals surface area (Å²) in [5.74, 6) is -0.928. The molecule has 1 atom stereocenters. The molecule has 2 aromatic heterocycles. The summed E-state index contributed by atoms with van der Waals surface area (Å²) in [6.07, 6.45) is 9.79. The predicted octanol–water partition coefficient (Wildman–Crippen LogP) is 5.47. The SMILES string of the molecule is O=C(O)C=C1CCc2c(-c3cnn(C4CCCCO4)c3)c3ccc(Cl)c(Cl)c3n2C1. The van der Waals surface area contributed by atoms with E-state index in [2.05, 4.69) is 9.67 Å². The Balaban J connectivity index is 1.66. The van der Waals surface area contributed by atoms with E-state index in [1.807, 2.05) is 29.2 Å². The van der Waals surface area contributed by atoms with Gasteiger partial charge in [0.15, 0.2) is 0 Å². The lowest BCUT2D eigenvalue weighted by Gasteiger charge is -2.22. The van der Waals surface area contributed by atoms with Gasteiger partial charge in [-0.2, -0.15) is 5.10 Å². The van der Waals surface area contributed by atoms with Crippen LogP contribution in [-0.4, -0.2) is 32.0 Å². The minimum absolute atomic E-state index is 0.0275. The van der Waals surface area contributed by atoms with Crippen molar-refractivity contribution in [3.63, 3.8) is 0 Å². The van der Waals surface area contributed by atoms with Crippen molar-refractivity contribution in [1.29, 1.82) is 0 Å². The zero-order valence-corrected chi connectivity index (χ0v) is 17.8. The lowest BCUT2D eigenvalue weighted by atomic mass is 9.98. The molecule has 0 aliphatic carbocycles. The van der Waals surface area contributed by atoms with E-state index in [9.17, 15) is 9.90 Å². The number of ether oxygens (including phenoxy) is 1. The van der Waals surface area contributed by atoms with Gasteiger partial charge in [-0.15, -0.1) is 0 Å². The lowest BCUT2D eigenvalue weighted by molar-refractivity contribution is -0.131.